The number of fused-ring (bicyclic) bond motifs is 5. The lowest BCUT2D eigenvalue weighted by molar-refractivity contribution is -0.396. The quantitative estimate of drug-likeness (QED) is 0.613. The number of hydrogen-bond donors (Lipinski definition) is 2. The SMILES string of the molecule is C[C@]12CC[C@@H]3c4cc([N+](=O)[O-])c(O)c([N+](=O)[O-])c4CC[C@H]3[C@@H]1CC[C@@H]2O. The van der Waals surface area contributed by atoms with Gasteiger partial charge in [0.05, 0.1) is 16.0 Å². The van der Waals surface area contributed by atoms with E-state index >= 15 is 0 Å². The number of benzene rings is 1. The van der Waals surface area contributed by atoms with E-state index in [1.807, 2.05) is 0 Å². The molecule has 5 atom stereocenters. The maximum absolute atomic E-state index is 11.5. The number of phenolic OH excluding ortho intramolecular Hbond substituents is 1. The van der Waals surface area contributed by atoms with Crippen molar-refractivity contribution in [1.82, 2.24) is 0 Å². The molecule has 8 heteroatoms. The van der Waals surface area contributed by atoms with Gasteiger partial charge < -0.3 is 10.2 Å². The first-order valence-electron chi connectivity index (χ1n) is 9.11. The van der Waals surface area contributed by atoms with Gasteiger partial charge in [-0.2, -0.15) is 0 Å². The van der Waals surface area contributed by atoms with E-state index < -0.39 is 27.0 Å². The third-order valence-electron chi connectivity index (χ3n) is 7.29. The van der Waals surface area contributed by atoms with Crippen molar-refractivity contribution in [3.8, 4) is 5.75 Å². The molecule has 0 aliphatic heterocycles. The highest BCUT2D eigenvalue weighted by Crippen LogP contribution is 2.62. The van der Waals surface area contributed by atoms with Gasteiger partial charge >= 0.3 is 11.4 Å². The Labute approximate surface area is 150 Å². The van der Waals surface area contributed by atoms with Crippen LogP contribution >= 0.6 is 0 Å². The predicted molar refractivity (Wildman–Crippen MR) is 92.0 cm³/mol. The minimum absolute atomic E-state index is 0.0140. The van der Waals surface area contributed by atoms with Gasteiger partial charge in [-0.25, -0.2) is 0 Å². The van der Waals surface area contributed by atoms with E-state index in [9.17, 15) is 30.4 Å². The molecule has 140 valence electrons. The molecule has 4 rings (SSSR count). The van der Waals surface area contributed by atoms with Crippen molar-refractivity contribution in [3.63, 3.8) is 0 Å². The Bertz CT molecular complexity index is 809. The van der Waals surface area contributed by atoms with Crippen LogP contribution in [0.5, 0.6) is 5.75 Å². The van der Waals surface area contributed by atoms with Gasteiger partial charge in [-0.05, 0) is 67.3 Å². The van der Waals surface area contributed by atoms with Crippen LogP contribution < -0.4 is 0 Å². The third-order valence-corrected chi connectivity index (χ3v) is 7.29. The number of phenols is 1. The third kappa shape index (κ3) is 2.17. The molecule has 26 heavy (non-hydrogen) atoms. The van der Waals surface area contributed by atoms with Crippen molar-refractivity contribution >= 4 is 11.4 Å². The summed E-state index contributed by atoms with van der Waals surface area (Å²) in [6, 6.07) is 1.35. The van der Waals surface area contributed by atoms with Crippen LogP contribution in [0.3, 0.4) is 0 Å². The number of aliphatic hydroxyl groups is 1. The summed E-state index contributed by atoms with van der Waals surface area (Å²) in [5, 5.41) is 43.3. The van der Waals surface area contributed by atoms with Crippen LogP contribution in [0.15, 0.2) is 6.07 Å². The largest absolute Gasteiger partial charge is 0.497 e. The molecule has 1 aromatic rings. The number of aliphatic hydroxyl groups excluding tert-OH is 1. The molecule has 0 unspecified atom stereocenters. The summed E-state index contributed by atoms with van der Waals surface area (Å²) in [5.41, 5.74) is -0.126. The first-order chi connectivity index (χ1) is 12.3. The van der Waals surface area contributed by atoms with Gasteiger partial charge in [0.15, 0.2) is 0 Å². The molecule has 2 fully saturated rings. The molecule has 0 amide bonds. The van der Waals surface area contributed by atoms with Crippen LogP contribution in [0.4, 0.5) is 11.4 Å². The van der Waals surface area contributed by atoms with Crippen LogP contribution in [-0.2, 0) is 6.42 Å². The molecule has 0 aromatic heterocycles. The normalized spacial score (nSPS) is 35.3. The lowest BCUT2D eigenvalue weighted by Gasteiger charge is -2.49. The summed E-state index contributed by atoms with van der Waals surface area (Å²) >= 11 is 0. The van der Waals surface area contributed by atoms with Crippen molar-refractivity contribution in [2.45, 2.75) is 57.5 Å². The van der Waals surface area contributed by atoms with Crippen molar-refractivity contribution < 1.29 is 20.1 Å². The topological polar surface area (TPSA) is 127 Å². The Hall–Kier alpha value is -2.22. The molecular weight excluding hydrogens is 340 g/mol. The zero-order valence-electron chi connectivity index (χ0n) is 14.6. The summed E-state index contributed by atoms with van der Waals surface area (Å²) in [6.07, 6.45) is 4.12. The molecule has 3 aliphatic carbocycles. The number of hydrogen-bond acceptors (Lipinski definition) is 6. The summed E-state index contributed by atoms with van der Waals surface area (Å²) in [7, 11) is 0. The summed E-state index contributed by atoms with van der Waals surface area (Å²) < 4.78 is 0. The van der Waals surface area contributed by atoms with Crippen LogP contribution in [0.1, 0.15) is 56.1 Å². The lowest BCUT2D eigenvalue weighted by atomic mass is 9.55. The zero-order valence-corrected chi connectivity index (χ0v) is 14.6. The van der Waals surface area contributed by atoms with E-state index in [2.05, 4.69) is 6.92 Å². The fourth-order valence-electron chi connectivity index (χ4n) is 5.99. The van der Waals surface area contributed by atoms with Gasteiger partial charge in [-0.15, -0.1) is 0 Å². The second kappa shape index (κ2) is 5.64. The molecule has 2 saturated carbocycles. The second-order valence-electron chi connectivity index (χ2n) is 8.23. The molecule has 3 aliphatic rings. The lowest BCUT2D eigenvalue weighted by Crippen LogP contribution is -2.44. The van der Waals surface area contributed by atoms with Gasteiger partial charge in [0.2, 0.25) is 0 Å². The Morgan fingerprint density at radius 2 is 1.88 bits per heavy atom. The fraction of sp³-hybridized carbons (Fsp3) is 0.667. The summed E-state index contributed by atoms with van der Waals surface area (Å²) in [6.45, 7) is 2.13. The average molecular weight is 362 g/mol. The zero-order chi connectivity index (χ0) is 18.8. The number of nitrogens with zero attached hydrogens (tertiary/aromatic N) is 2. The van der Waals surface area contributed by atoms with E-state index in [0.29, 0.717) is 23.5 Å². The van der Waals surface area contributed by atoms with E-state index in [4.69, 9.17) is 0 Å². The minimum atomic E-state index is -0.839. The first kappa shape index (κ1) is 17.2. The van der Waals surface area contributed by atoms with Crippen molar-refractivity contribution in [2.24, 2.45) is 17.3 Å². The molecule has 0 saturated heterocycles. The highest BCUT2D eigenvalue weighted by molar-refractivity contribution is 5.67. The second-order valence-corrected chi connectivity index (χ2v) is 8.23. The number of nitro benzene ring substituents is 2. The van der Waals surface area contributed by atoms with Crippen LogP contribution in [0.2, 0.25) is 0 Å². The Kier molecular flexibility index (Phi) is 3.73. The highest BCUT2D eigenvalue weighted by Gasteiger charge is 2.55. The van der Waals surface area contributed by atoms with Crippen LogP contribution in [0, 0.1) is 37.5 Å². The van der Waals surface area contributed by atoms with Crippen LogP contribution in [-0.4, -0.2) is 26.2 Å². The Morgan fingerprint density at radius 1 is 1.15 bits per heavy atom. The Morgan fingerprint density at radius 3 is 2.54 bits per heavy atom. The molecule has 2 N–H and O–H groups in total. The van der Waals surface area contributed by atoms with E-state index in [1.54, 1.807) is 0 Å². The van der Waals surface area contributed by atoms with Crippen LogP contribution in [0.25, 0.3) is 0 Å². The molecular formula is C18H22N2O6. The van der Waals surface area contributed by atoms with Gasteiger partial charge in [-0.3, -0.25) is 20.2 Å². The summed E-state index contributed by atoms with van der Waals surface area (Å²) in [5.74, 6) is -0.229. The molecule has 8 nitrogen and oxygen atoms in total. The summed E-state index contributed by atoms with van der Waals surface area (Å²) in [4.78, 5) is 21.4. The monoisotopic (exact) mass is 362 g/mol. The van der Waals surface area contributed by atoms with E-state index in [0.717, 1.165) is 32.1 Å². The van der Waals surface area contributed by atoms with E-state index in [1.165, 1.54) is 6.07 Å². The molecule has 1 aromatic carbocycles. The molecule has 0 heterocycles. The highest BCUT2D eigenvalue weighted by atomic mass is 16.6. The van der Waals surface area contributed by atoms with E-state index in [-0.39, 0.29) is 23.4 Å². The van der Waals surface area contributed by atoms with Gasteiger partial charge in [0.1, 0.15) is 0 Å². The fourth-order valence-corrected chi connectivity index (χ4v) is 5.99. The molecule has 0 spiro atoms. The number of rotatable bonds is 2. The van der Waals surface area contributed by atoms with Gasteiger partial charge in [-0.1, -0.05) is 6.92 Å². The Balaban J connectivity index is 1.84. The minimum Gasteiger partial charge on any atom is -0.497 e. The standard InChI is InChI=1S/C18H22N2O6/c1-18-7-6-9-10(13(18)4-5-15(18)21)2-3-11-12(9)8-14(19(23)24)17(22)16(11)20(25)26/h8-10,13,15,21-22H,2-7H2,1H3/t9-,10+,13-,15-,18-/m0/s1. The smallest absolute Gasteiger partial charge is 0.321 e. The predicted octanol–water partition coefficient (Wildman–Crippen LogP) is 3.43. The average Bonchev–Trinajstić information content (AvgIpc) is 2.88. The maximum Gasteiger partial charge on any atom is 0.321 e. The van der Waals surface area contributed by atoms with Gasteiger partial charge in [0, 0.05) is 11.6 Å². The van der Waals surface area contributed by atoms with Crippen molar-refractivity contribution in [1.29, 1.82) is 0 Å². The van der Waals surface area contributed by atoms with Gasteiger partial charge in [0.25, 0.3) is 5.75 Å². The molecule has 0 bridgehead atoms. The number of nitro groups is 2. The maximum atomic E-state index is 11.5. The molecule has 0 radical (unpaired) electrons. The van der Waals surface area contributed by atoms with Crippen molar-refractivity contribution in [3.05, 3.63) is 37.4 Å². The van der Waals surface area contributed by atoms with Crippen molar-refractivity contribution in [2.75, 3.05) is 0 Å². The number of aromatic hydroxyl groups is 1. The first-order valence-corrected chi connectivity index (χ1v) is 9.11.